The van der Waals surface area contributed by atoms with Gasteiger partial charge in [0, 0.05) is 38.1 Å². The van der Waals surface area contributed by atoms with Crippen LogP contribution in [0.4, 0.5) is 0 Å². The lowest BCUT2D eigenvalue weighted by Crippen LogP contribution is -2.40. The fourth-order valence-corrected chi connectivity index (χ4v) is 4.07. The minimum absolute atomic E-state index is 0.0362. The number of fused-ring (bicyclic) bond motifs is 1. The summed E-state index contributed by atoms with van der Waals surface area (Å²) in [6.45, 7) is 10.7. The van der Waals surface area contributed by atoms with Crippen molar-refractivity contribution >= 4 is 16.8 Å². The third-order valence-corrected chi connectivity index (χ3v) is 5.37. The molecule has 30 heavy (non-hydrogen) atoms. The Balaban J connectivity index is 1.81. The van der Waals surface area contributed by atoms with Crippen molar-refractivity contribution in [3.63, 3.8) is 0 Å². The van der Waals surface area contributed by atoms with Crippen molar-refractivity contribution in [3.05, 3.63) is 23.9 Å². The molecular weight excluding hydrogens is 382 g/mol. The zero-order valence-corrected chi connectivity index (χ0v) is 18.9. The van der Waals surface area contributed by atoms with Crippen LogP contribution in [0.25, 0.3) is 10.9 Å². The Kier molecular flexibility index (Phi) is 7.33. The molecular formula is C22H35N5O3. The van der Waals surface area contributed by atoms with Crippen LogP contribution in [-0.2, 0) is 11.3 Å². The van der Waals surface area contributed by atoms with Gasteiger partial charge in [-0.1, -0.05) is 26.0 Å². The smallest absolute Gasteiger partial charge is 0.272 e. The molecule has 2 heterocycles. The molecule has 1 saturated heterocycles. The van der Waals surface area contributed by atoms with Gasteiger partial charge in [0.25, 0.3) is 5.91 Å². The standard InChI is InChI=1S/C22H35N5O3/c1-22(2,16-25(3)4)15-23-21(28)19-17-7-6-8-18(29-5)20(17)27(24-19)10-9-26-11-13-30-14-12-26/h6-8H,9-16H2,1-5H3,(H,23,28). The number of carbonyl (C=O) groups is 1. The normalized spacial score (nSPS) is 15.7. The molecule has 1 aromatic heterocycles. The van der Waals surface area contributed by atoms with E-state index in [4.69, 9.17) is 14.6 Å². The number of benzene rings is 1. The predicted molar refractivity (Wildman–Crippen MR) is 118 cm³/mol. The number of rotatable bonds is 9. The lowest BCUT2D eigenvalue weighted by molar-refractivity contribution is 0.0361. The molecule has 2 aromatic rings. The van der Waals surface area contributed by atoms with Gasteiger partial charge >= 0.3 is 0 Å². The molecule has 0 aliphatic carbocycles. The van der Waals surface area contributed by atoms with Gasteiger partial charge in [-0.3, -0.25) is 14.4 Å². The molecule has 0 bridgehead atoms. The molecule has 0 saturated carbocycles. The van der Waals surface area contributed by atoms with Crippen LogP contribution in [0.5, 0.6) is 5.75 Å². The van der Waals surface area contributed by atoms with E-state index < -0.39 is 0 Å². The zero-order valence-electron chi connectivity index (χ0n) is 18.9. The molecule has 1 fully saturated rings. The van der Waals surface area contributed by atoms with Crippen molar-refractivity contribution in [2.75, 3.05) is 67.1 Å². The van der Waals surface area contributed by atoms with Gasteiger partial charge < -0.3 is 19.7 Å². The number of methoxy groups -OCH3 is 1. The fraction of sp³-hybridized carbons (Fsp3) is 0.636. The number of ether oxygens (including phenoxy) is 2. The first-order chi connectivity index (χ1) is 14.3. The number of para-hydroxylation sites is 1. The van der Waals surface area contributed by atoms with Gasteiger partial charge in [0.05, 0.1) is 26.9 Å². The second kappa shape index (κ2) is 9.76. The van der Waals surface area contributed by atoms with Crippen LogP contribution in [0.1, 0.15) is 24.3 Å². The molecule has 0 radical (unpaired) electrons. The third-order valence-electron chi connectivity index (χ3n) is 5.37. The van der Waals surface area contributed by atoms with Crippen molar-refractivity contribution in [1.82, 2.24) is 24.9 Å². The average molecular weight is 418 g/mol. The quantitative estimate of drug-likeness (QED) is 0.670. The maximum absolute atomic E-state index is 13.0. The number of amides is 1. The Hall–Kier alpha value is -2.16. The number of hydrogen-bond acceptors (Lipinski definition) is 6. The second-order valence-corrected chi connectivity index (χ2v) is 8.97. The van der Waals surface area contributed by atoms with Crippen molar-refractivity contribution < 1.29 is 14.3 Å². The Morgan fingerprint density at radius 1 is 1.27 bits per heavy atom. The summed E-state index contributed by atoms with van der Waals surface area (Å²) >= 11 is 0. The van der Waals surface area contributed by atoms with Crippen LogP contribution in [0.3, 0.4) is 0 Å². The summed E-state index contributed by atoms with van der Waals surface area (Å²) in [6.07, 6.45) is 0. The second-order valence-electron chi connectivity index (χ2n) is 8.97. The van der Waals surface area contributed by atoms with E-state index in [0.29, 0.717) is 18.8 Å². The number of hydrogen-bond donors (Lipinski definition) is 1. The van der Waals surface area contributed by atoms with Crippen molar-refractivity contribution in [3.8, 4) is 5.75 Å². The topological polar surface area (TPSA) is 71.9 Å². The lowest BCUT2D eigenvalue weighted by Gasteiger charge is -2.28. The van der Waals surface area contributed by atoms with Crippen LogP contribution in [0.15, 0.2) is 18.2 Å². The SMILES string of the molecule is COc1cccc2c(C(=O)NCC(C)(C)CN(C)C)nn(CCN3CCOCC3)c12. The highest BCUT2D eigenvalue weighted by Crippen LogP contribution is 2.28. The monoisotopic (exact) mass is 417 g/mol. The summed E-state index contributed by atoms with van der Waals surface area (Å²) in [5.74, 6) is 0.583. The van der Waals surface area contributed by atoms with Crippen molar-refractivity contribution in [2.24, 2.45) is 5.41 Å². The summed E-state index contributed by atoms with van der Waals surface area (Å²) in [5.41, 5.74) is 1.28. The van der Waals surface area contributed by atoms with E-state index in [9.17, 15) is 4.79 Å². The maximum Gasteiger partial charge on any atom is 0.272 e. The maximum atomic E-state index is 13.0. The average Bonchev–Trinajstić information content (AvgIpc) is 3.09. The summed E-state index contributed by atoms with van der Waals surface area (Å²) in [6, 6.07) is 5.76. The summed E-state index contributed by atoms with van der Waals surface area (Å²) < 4.78 is 12.9. The van der Waals surface area contributed by atoms with Gasteiger partial charge in [-0.15, -0.1) is 0 Å². The molecule has 1 aromatic carbocycles. The van der Waals surface area contributed by atoms with E-state index in [2.05, 4.69) is 29.0 Å². The molecule has 8 nitrogen and oxygen atoms in total. The predicted octanol–water partition coefficient (Wildman–Crippen LogP) is 1.69. The van der Waals surface area contributed by atoms with E-state index in [0.717, 1.165) is 56.0 Å². The van der Waals surface area contributed by atoms with Gasteiger partial charge in [-0.2, -0.15) is 5.10 Å². The van der Waals surface area contributed by atoms with E-state index in [-0.39, 0.29) is 11.3 Å². The van der Waals surface area contributed by atoms with Crippen LogP contribution in [-0.4, -0.2) is 92.6 Å². The molecule has 0 atom stereocenters. The van der Waals surface area contributed by atoms with E-state index in [1.165, 1.54) is 0 Å². The van der Waals surface area contributed by atoms with Crippen molar-refractivity contribution in [2.45, 2.75) is 20.4 Å². The number of nitrogens with zero attached hydrogens (tertiary/aromatic N) is 4. The number of carbonyl (C=O) groups excluding carboxylic acids is 1. The summed E-state index contributed by atoms with van der Waals surface area (Å²) in [5, 5.41) is 8.60. The highest BCUT2D eigenvalue weighted by atomic mass is 16.5. The van der Waals surface area contributed by atoms with E-state index in [1.807, 2.05) is 37.0 Å². The van der Waals surface area contributed by atoms with Crippen LogP contribution < -0.4 is 10.1 Å². The van der Waals surface area contributed by atoms with Crippen molar-refractivity contribution in [1.29, 1.82) is 0 Å². The minimum atomic E-state index is -0.148. The van der Waals surface area contributed by atoms with Crippen LogP contribution >= 0.6 is 0 Å². The number of morpholine rings is 1. The Morgan fingerprint density at radius 3 is 2.67 bits per heavy atom. The van der Waals surface area contributed by atoms with E-state index >= 15 is 0 Å². The van der Waals surface area contributed by atoms with E-state index in [1.54, 1.807) is 7.11 Å². The first-order valence-electron chi connectivity index (χ1n) is 10.6. The summed E-state index contributed by atoms with van der Waals surface area (Å²) in [4.78, 5) is 17.5. The highest BCUT2D eigenvalue weighted by Gasteiger charge is 2.24. The molecule has 3 rings (SSSR count). The Bertz CT molecular complexity index is 856. The first kappa shape index (κ1) is 22.5. The largest absolute Gasteiger partial charge is 0.494 e. The molecule has 0 spiro atoms. The molecule has 1 aliphatic heterocycles. The van der Waals surface area contributed by atoms with Gasteiger partial charge in [0.2, 0.25) is 0 Å². The Labute approximate surface area is 179 Å². The highest BCUT2D eigenvalue weighted by molar-refractivity contribution is 6.06. The molecule has 8 heteroatoms. The molecule has 1 amide bonds. The fourth-order valence-electron chi connectivity index (χ4n) is 4.07. The lowest BCUT2D eigenvalue weighted by atomic mass is 9.93. The van der Waals surface area contributed by atoms with Crippen LogP contribution in [0, 0.1) is 5.41 Å². The molecule has 0 unspecified atom stereocenters. The minimum Gasteiger partial charge on any atom is -0.494 e. The Morgan fingerprint density at radius 2 is 2.00 bits per heavy atom. The molecule has 1 aliphatic rings. The van der Waals surface area contributed by atoms with Crippen LogP contribution in [0.2, 0.25) is 0 Å². The number of aromatic nitrogens is 2. The third kappa shape index (κ3) is 5.50. The number of nitrogens with one attached hydrogen (secondary N) is 1. The first-order valence-corrected chi connectivity index (χ1v) is 10.6. The molecule has 1 N–H and O–H groups in total. The van der Waals surface area contributed by atoms with Gasteiger partial charge in [0.1, 0.15) is 11.3 Å². The van der Waals surface area contributed by atoms with Gasteiger partial charge in [-0.05, 0) is 25.6 Å². The molecule has 166 valence electrons. The zero-order chi connectivity index (χ0) is 21.7. The van der Waals surface area contributed by atoms with Gasteiger partial charge in [-0.25, -0.2) is 0 Å². The summed E-state index contributed by atoms with van der Waals surface area (Å²) in [7, 11) is 5.73. The van der Waals surface area contributed by atoms with Gasteiger partial charge in [0.15, 0.2) is 5.69 Å².